The first kappa shape index (κ1) is 10.9. The molecule has 0 aliphatic rings. The van der Waals surface area contributed by atoms with Crippen molar-refractivity contribution in [2.75, 3.05) is 0 Å². The van der Waals surface area contributed by atoms with Gasteiger partial charge in [0.2, 0.25) is 0 Å². The van der Waals surface area contributed by atoms with Gasteiger partial charge in [0.15, 0.2) is 0 Å². The van der Waals surface area contributed by atoms with Gasteiger partial charge in [-0.15, -0.1) is 0 Å². The average Bonchev–Trinajstić information content (AvgIpc) is 2.19. The molecular formula is C9H10ClN3O. The lowest BCUT2D eigenvalue weighted by Gasteiger charge is -2.08. The lowest BCUT2D eigenvalue weighted by atomic mass is 10.1. The van der Waals surface area contributed by atoms with Crippen LogP contribution in [-0.2, 0) is 6.61 Å². The van der Waals surface area contributed by atoms with E-state index in [2.05, 4.69) is 4.98 Å². The molecule has 5 heteroatoms. The summed E-state index contributed by atoms with van der Waals surface area (Å²) in [5.41, 5.74) is 6.63. The highest BCUT2D eigenvalue weighted by atomic mass is 35.5. The van der Waals surface area contributed by atoms with Crippen molar-refractivity contribution in [3.8, 4) is 6.07 Å². The summed E-state index contributed by atoms with van der Waals surface area (Å²) in [6.45, 7) is -0.230. The van der Waals surface area contributed by atoms with Gasteiger partial charge in [-0.25, -0.2) is 0 Å². The van der Waals surface area contributed by atoms with E-state index in [0.29, 0.717) is 16.4 Å². The first-order valence-corrected chi connectivity index (χ1v) is 4.45. The number of aliphatic hydroxyl groups is 1. The van der Waals surface area contributed by atoms with Gasteiger partial charge in [0.05, 0.1) is 41.5 Å². The first-order valence-electron chi connectivity index (χ1n) is 4.07. The highest BCUT2D eigenvalue weighted by Gasteiger charge is 2.09. The summed E-state index contributed by atoms with van der Waals surface area (Å²) < 4.78 is 0. The van der Waals surface area contributed by atoms with Crippen LogP contribution in [0, 0.1) is 11.3 Å². The van der Waals surface area contributed by atoms with Crippen LogP contribution in [0.15, 0.2) is 12.1 Å². The summed E-state index contributed by atoms with van der Waals surface area (Å²) in [6.07, 6.45) is 0.194. The molecule has 0 amide bonds. The molecule has 14 heavy (non-hydrogen) atoms. The van der Waals surface area contributed by atoms with Gasteiger partial charge in [0, 0.05) is 0 Å². The van der Waals surface area contributed by atoms with Gasteiger partial charge >= 0.3 is 0 Å². The zero-order valence-corrected chi connectivity index (χ0v) is 8.20. The van der Waals surface area contributed by atoms with Crippen LogP contribution in [0.2, 0.25) is 5.02 Å². The number of aliphatic hydroxyl groups excluding tert-OH is 1. The molecule has 0 saturated heterocycles. The molecule has 1 unspecified atom stereocenters. The quantitative estimate of drug-likeness (QED) is 0.786. The Bertz CT molecular complexity index is 362. The zero-order valence-electron chi connectivity index (χ0n) is 7.44. The predicted molar refractivity (Wildman–Crippen MR) is 52.3 cm³/mol. The summed E-state index contributed by atoms with van der Waals surface area (Å²) in [5, 5.41) is 17.8. The van der Waals surface area contributed by atoms with E-state index in [1.54, 1.807) is 12.1 Å². The smallest absolute Gasteiger partial charge is 0.0868 e. The van der Waals surface area contributed by atoms with E-state index in [0.717, 1.165) is 0 Å². The van der Waals surface area contributed by atoms with Crippen molar-refractivity contribution in [2.24, 2.45) is 5.73 Å². The molecule has 0 aliphatic carbocycles. The van der Waals surface area contributed by atoms with E-state index in [-0.39, 0.29) is 13.0 Å². The van der Waals surface area contributed by atoms with Gasteiger partial charge in [0.1, 0.15) is 0 Å². The van der Waals surface area contributed by atoms with Crippen LogP contribution in [0.25, 0.3) is 0 Å². The molecular weight excluding hydrogens is 202 g/mol. The molecule has 3 N–H and O–H groups in total. The zero-order chi connectivity index (χ0) is 10.6. The summed E-state index contributed by atoms with van der Waals surface area (Å²) in [5.74, 6) is 0. The maximum atomic E-state index is 8.90. The minimum atomic E-state index is -0.428. The van der Waals surface area contributed by atoms with E-state index in [1.807, 2.05) is 6.07 Å². The largest absolute Gasteiger partial charge is 0.390 e. The third kappa shape index (κ3) is 2.42. The van der Waals surface area contributed by atoms with Crippen LogP contribution in [0.3, 0.4) is 0 Å². The van der Waals surface area contributed by atoms with Gasteiger partial charge in [-0.2, -0.15) is 5.26 Å². The number of rotatable bonds is 3. The van der Waals surface area contributed by atoms with Crippen LogP contribution in [0.5, 0.6) is 0 Å². The molecule has 0 fully saturated rings. The van der Waals surface area contributed by atoms with E-state index in [9.17, 15) is 0 Å². The fraction of sp³-hybridized carbons (Fsp3) is 0.333. The molecule has 1 atom stereocenters. The number of hydrogen-bond donors (Lipinski definition) is 2. The van der Waals surface area contributed by atoms with Crippen molar-refractivity contribution >= 4 is 11.6 Å². The fourth-order valence-electron chi connectivity index (χ4n) is 1.02. The Morgan fingerprint density at radius 1 is 1.64 bits per heavy atom. The predicted octanol–water partition coefficient (Wildman–Crippen LogP) is 1.14. The van der Waals surface area contributed by atoms with Gasteiger partial charge in [0.25, 0.3) is 0 Å². The molecule has 0 radical (unpaired) electrons. The molecule has 1 aromatic heterocycles. The van der Waals surface area contributed by atoms with Crippen LogP contribution >= 0.6 is 11.6 Å². The molecule has 1 aromatic rings. The molecule has 1 heterocycles. The van der Waals surface area contributed by atoms with Crippen molar-refractivity contribution in [1.82, 2.24) is 4.98 Å². The highest BCUT2D eigenvalue weighted by molar-refractivity contribution is 6.31. The van der Waals surface area contributed by atoms with Crippen molar-refractivity contribution in [3.05, 3.63) is 28.5 Å². The second-order valence-corrected chi connectivity index (χ2v) is 3.20. The molecule has 74 valence electrons. The monoisotopic (exact) mass is 211 g/mol. The topological polar surface area (TPSA) is 82.9 Å². The second-order valence-electron chi connectivity index (χ2n) is 2.79. The summed E-state index contributed by atoms with van der Waals surface area (Å²) >= 11 is 5.75. The molecule has 4 nitrogen and oxygen atoms in total. The van der Waals surface area contributed by atoms with E-state index in [1.165, 1.54) is 0 Å². The minimum absolute atomic E-state index is 0.194. The molecule has 0 bridgehead atoms. The average molecular weight is 212 g/mol. The van der Waals surface area contributed by atoms with Crippen LogP contribution < -0.4 is 5.73 Å². The number of nitrogens with two attached hydrogens (primary N) is 1. The van der Waals surface area contributed by atoms with E-state index in [4.69, 9.17) is 27.7 Å². The summed E-state index contributed by atoms with van der Waals surface area (Å²) in [6, 6.07) is 4.80. The van der Waals surface area contributed by atoms with E-state index >= 15 is 0 Å². The lowest BCUT2D eigenvalue weighted by Crippen LogP contribution is -2.12. The molecule has 1 rings (SSSR count). The minimum Gasteiger partial charge on any atom is -0.390 e. The number of aromatic nitrogens is 1. The molecule has 0 aromatic carbocycles. The molecule has 0 saturated carbocycles. The summed E-state index contributed by atoms with van der Waals surface area (Å²) in [4.78, 5) is 4.05. The number of hydrogen-bond acceptors (Lipinski definition) is 4. The number of pyridine rings is 1. The third-order valence-electron chi connectivity index (χ3n) is 1.78. The maximum absolute atomic E-state index is 8.90. The molecule has 0 spiro atoms. The Morgan fingerprint density at radius 2 is 2.36 bits per heavy atom. The van der Waals surface area contributed by atoms with Gasteiger partial charge in [-0.3, -0.25) is 4.98 Å². The van der Waals surface area contributed by atoms with Gasteiger partial charge < -0.3 is 10.8 Å². The lowest BCUT2D eigenvalue weighted by molar-refractivity contribution is 0.276. The molecule has 0 aliphatic heterocycles. The number of nitrogens with zero attached hydrogens (tertiary/aromatic N) is 2. The van der Waals surface area contributed by atoms with Crippen LogP contribution in [-0.4, -0.2) is 10.1 Å². The van der Waals surface area contributed by atoms with Crippen molar-refractivity contribution in [2.45, 2.75) is 19.1 Å². The number of nitriles is 1. The van der Waals surface area contributed by atoms with Crippen molar-refractivity contribution in [3.63, 3.8) is 0 Å². The number of halogens is 1. The normalized spacial score (nSPS) is 12.1. The Kier molecular flexibility index (Phi) is 3.84. The van der Waals surface area contributed by atoms with Gasteiger partial charge in [-0.1, -0.05) is 11.6 Å². The Morgan fingerprint density at radius 3 is 2.93 bits per heavy atom. The Hall–Kier alpha value is -1.15. The van der Waals surface area contributed by atoms with Crippen molar-refractivity contribution in [1.29, 1.82) is 5.26 Å². The second kappa shape index (κ2) is 4.91. The first-order chi connectivity index (χ1) is 6.69. The SMILES string of the molecule is N#CCC(N)c1ccc(Cl)c(CO)n1. The maximum Gasteiger partial charge on any atom is 0.0868 e. The van der Waals surface area contributed by atoms with E-state index < -0.39 is 6.04 Å². The van der Waals surface area contributed by atoms with Crippen LogP contribution in [0.1, 0.15) is 23.9 Å². The third-order valence-corrected chi connectivity index (χ3v) is 2.13. The van der Waals surface area contributed by atoms with Gasteiger partial charge in [-0.05, 0) is 12.1 Å². The van der Waals surface area contributed by atoms with Crippen molar-refractivity contribution < 1.29 is 5.11 Å². The highest BCUT2D eigenvalue weighted by Crippen LogP contribution is 2.18. The van der Waals surface area contributed by atoms with Crippen LogP contribution in [0.4, 0.5) is 0 Å². The summed E-state index contributed by atoms with van der Waals surface area (Å²) in [7, 11) is 0. The Balaban J connectivity index is 2.95. The fourth-order valence-corrected chi connectivity index (χ4v) is 1.19. The standard InChI is InChI=1S/C9H10ClN3O/c10-6-1-2-8(7(12)3-4-11)13-9(6)5-14/h1-2,7,14H,3,5,12H2. The Labute approximate surface area is 86.9 Å².